The predicted molar refractivity (Wildman–Crippen MR) is 101 cm³/mol. The molecule has 1 heterocycles. The quantitative estimate of drug-likeness (QED) is 0.802. The Morgan fingerprint density at radius 3 is 2.50 bits per heavy atom. The van der Waals surface area contributed by atoms with Crippen molar-refractivity contribution in [2.24, 2.45) is 11.1 Å². The summed E-state index contributed by atoms with van der Waals surface area (Å²) < 4.78 is 11.3. The molecule has 1 amide bonds. The zero-order chi connectivity index (χ0) is 18.2. The third kappa shape index (κ3) is 4.42. The summed E-state index contributed by atoms with van der Waals surface area (Å²) in [6.45, 7) is 2.43. The maximum absolute atomic E-state index is 12.7. The van der Waals surface area contributed by atoms with Crippen LogP contribution in [0.4, 0.5) is 0 Å². The number of amides is 1. The van der Waals surface area contributed by atoms with Crippen LogP contribution in [0.3, 0.4) is 0 Å². The molecule has 0 aliphatic carbocycles. The summed E-state index contributed by atoms with van der Waals surface area (Å²) in [6, 6.07) is 17.8. The van der Waals surface area contributed by atoms with Crippen molar-refractivity contribution >= 4 is 5.91 Å². The Kier molecular flexibility index (Phi) is 6.26. The van der Waals surface area contributed by atoms with Crippen LogP contribution in [-0.4, -0.2) is 25.7 Å². The van der Waals surface area contributed by atoms with Gasteiger partial charge in [0.2, 0.25) is 5.91 Å². The molecule has 5 nitrogen and oxygen atoms in total. The van der Waals surface area contributed by atoms with Crippen molar-refractivity contribution in [2.45, 2.75) is 26.0 Å². The summed E-state index contributed by atoms with van der Waals surface area (Å²) in [6.07, 6.45) is 1.34. The molecule has 1 saturated heterocycles. The minimum atomic E-state index is -0.516. The molecule has 0 bridgehead atoms. The number of hydrogen-bond donors (Lipinski definition) is 2. The molecule has 0 atom stereocenters. The summed E-state index contributed by atoms with van der Waals surface area (Å²) in [5, 5.41) is 3.04. The fraction of sp³-hybridized carbons (Fsp3) is 0.381. The van der Waals surface area contributed by atoms with E-state index in [0.29, 0.717) is 45.8 Å². The highest BCUT2D eigenvalue weighted by atomic mass is 16.5. The summed E-state index contributed by atoms with van der Waals surface area (Å²) in [5.74, 6) is 0.784. The van der Waals surface area contributed by atoms with Gasteiger partial charge in [0.15, 0.2) is 0 Å². The number of rotatable bonds is 7. The number of carbonyl (C=O) groups is 1. The first-order chi connectivity index (χ1) is 12.7. The Labute approximate surface area is 154 Å². The molecule has 1 aliphatic heterocycles. The van der Waals surface area contributed by atoms with Crippen LogP contribution in [0.1, 0.15) is 24.0 Å². The average molecular weight is 354 g/mol. The van der Waals surface area contributed by atoms with Gasteiger partial charge in [0, 0.05) is 31.9 Å². The van der Waals surface area contributed by atoms with Crippen molar-refractivity contribution in [3.63, 3.8) is 0 Å². The van der Waals surface area contributed by atoms with Crippen molar-refractivity contribution in [1.82, 2.24) is 5.32 Å². The van der Waals surface area contributed by atoms with Crippen LogP contribution in [0.5, 0.6) is 5.75 Å². The molecule has 0 spiro atoms. The zero-order valence-electron chi connectivity index (χ0n) is 14.9. The largest absolute Gasteiger partial charge is 0.489 e. The van der Waals surface area contributed by atoms with Crippen molar-refractivity contribution in [3.05, 3.63) is 65.7 Å². The Hall–Kier alpha value is -2.37. The number of hydrogen-bond acceptors (Lipinski definition) is 4. The molecule has 0 unspecified atom stereocenters. The fourth-order valence-corrected chi connectivity index (χ4v) is 3.18. The van der Waals surface area contributed by atoms with E-state index < -0.39 is 5.41 Å². The molecular formula is C21H26N2O3. The summed E-state index contributed by atoms with van der Waals surface area (Å²) in [7, 11) is 0. The van der Waals surface area contributed by atoms with Crippen LogP contribution >= 0.6 is 0 Å². The number of nitrogens with two attached hydrogens (primary N) is 1. The normalized spacial score (nSPS) is 16.0. The lowest BCUT2D eigenvalue weighted by atomic mass is 9.79. The average Bonchev–Trinajstić information content (AvgIpc) is 2.72. The molecule has 1 aliphatic rings. The molecular weight excluding hydrogens is 328 g/mol. The second-order valence-corrected chi connectivity index (χ2v) is 6.66. The summed E-state index contributed by atoms with van der Waals surface area (Å²) >= 11 is 0. The van der Waals surface area contributed by atoms with E-state index in [-0.39, 0.29) is 5.91 Å². The van der Waals surface area contributed by atoms with Gasteiger partial charge in [-0.1, -0.05) is 48.5 Å². The lowest BCUT2D eigenvalue weighted by Crippen LogP contribution is -2.49. The number of benzene rings is 2. The molecule has 0 aromatic heterocycles. The number of carbonyl (C=O) groups excluding carboxylic acids is 1. The first-order valence-corrected chi connectivity index (χ1v) is 9.04. The standard InChI is InChI=1S/C21H26N2O3/c22-16-21(10-12-25-13-11-21)20(24)23-14-18-8-4-5-9-19(18)26-15-17-6-2-1-3-7-17/h1-9H,10-16,22H2,(H,23,24). The second kappa shape index (κ2) is 8.83. The Bertz CT molecular complexity index is 712. The molecule has 0 radical (unpaired) electrons. The Morgan fingerprint density at radius 1 is 1.08 bits per heavy atom. The maximum atomic E-state index is 12.7. The molecule has 1 fully saturated rings. The minimum absolute atomic E-state index is 0.00108. The van der Waals surface area contributed by atoms with Crippen LogP contribution in [0.25, 0.3) is 0 Å². The van der Waals surface area contributed by atoms with E-state index in [4.69, 9.17) is 15.2 Å². The van der Waals surface area contributed by atoms with E-state index in [1.165, 1.54) is 0 Å². The topological polar surface area (TPSA) is 73.6 Å². The molecule has 2 aromatic rings. The molecule has 3 rings (SSSR count). The van der Waals surface area contributed by atoms with Gasteiger partial charge in [-0.15, -0.1) is 0 Å². The minimum Gasteiger partial charge on any atom is -0.489 e. The number of para-hydroxylation sites is 1. The van der Waals surface area contributed by atoms with Crippen LogP contribution in [0.15, 0.2) is 54.6 Å². The van der Waals surface area contributed by atoms with Crippen LogP contribution < -0.4 is 15.8 Å². The smallest absolute Gasteiger partial charge is 0.227 e. The summed E-state index contributed by atoms with van der Waals surface area (Å²) in [4.78, 5) is 12.7. The lowest BCUT2D eigenvalue weighted by molar-refractivity contribution is -0.136. The van der Waals surface area contributed by atoms with Crippen molar-refractivity contribution < 1.29 is 14.3 Å². The van der Waals surface area contributed by atoms with Gasteiger partial charge in [-0.05, 0) is 24.5 Å². The fourth-order valence-electron chi connectivity index (χ4n) is 3.18. The van der Waals surface area contributed by atoms with Crippen LogP contribution in [0.2, 0.25) is 0 Å². The molecule has 3 N–H and O–H groups in total. The van der Waals surface area contributed by atoms with E-state index in [0.717, 1.165) is 16.9 Å². The highest BCUT2D eigenvalue weighted by Gasteiger charge is 2.38. The van der Waals surface area contributed by atoms with Gasteiger partial charge in [-0.3, -0.25) is 4.79 Å². The van der Waals surface area contributed by atoms with E-state index >= 15 is 0 Å². The SMILES string of the molecule is NCC1(C(=O)NCc2ccccc2OCc2ccccc2)CCOCC1. The van der Waals surface area contributed by atoms with Crippen molar-refractivity contribution in [3.8, 4) is 5.75 Å². The van der Waals surface area contributed by atoms with Crippen LogP contribution in [-0.2, 0) is 22.7 Å². The van der Waals surface area contributed by atoms with Gasteiger partial charge in [0.25, 0.3) is 0 Å². The Morgan fingerprint density at radius 2 is 1.77 bits per heavy atom. The molecule has 138 valence electrons. The van der Waals surface area contributed by atoms with Gasteiger partial charge >= 0.3 is 0 Å². The third-order valence-corrected chi connectivity index (χ3v) is 4.97. The first-order valence-electron chi connectivity index (χ1n) is 9.04. The first kappa shape index (κ1) is 18.4. The molecule has 0 saturated carbocycles. The molecule has 5 heteroatoms. The van der Waals surface area contributed by atoms with Gasteiger partial charge in [0.05, 0.1) is 5.41 Å². The highest BCUT2D eigenvalue weighted by Crippen LogP contribution is 2.30. The van der Waals surface area contributed by atoms with E-state index in [2.05, 4.69) is 5.32 Å². The van der Waals surface area contributed by atoms with Gasteiger partial charge < -0.3 is 20.5 Å². The molecule has 26 heavy (non-hydrogen) atoms. The maximum Gasteiger partial charge on any atom is 0.227 e. The van der Waals surface area contributed by atoms with Crippen molar-refractivity contribution in [1.29, 1.82) is 0 Å². The Balaban J connectivity index is 1.62. The predicted octanol–water partition coefficient (Wildman–Crippen LogP) is 2.64. The zero-order valence-corrected chi connectivity index (χ0v) is 14.9. The van der Waals surface area contributed by atoms with Gasteiger partial charge in [-0.2, -0.15) is 0 Å². The number of ether oxygens (including phenoxy) is 2. The molecule has 2 aromatic carbocycles. The lowest BCUT2D eigenvalue weighted by Gasteiger charge is -2.34. The summed E-state index contributed by atoms with van der Waals surface area (Å²) in [5.41, 5.74) is 7.45. The van der Waals surface area contributed by atoms with E-state index in [1.54, 1.807) is 0 Å². The van der Waals surface area contributed by atoms with Gasteiger partial charge in [0.1, 0.15) is 12.4 Å². The van der Waals surface area contributed by atoms with Crippen molar-refractivity contribution in [2.75, 3.05) is 19.8 Å². The van der Waals surface area contributed by atoms with E-state index in [9.17, 15) is 4.79 Å². The third-order valence-electron chi connectivity index (χ3n) is 4.97. The van der Waals surface area contributed by atoms with Gasteiger partial charge in [-0.25, -0.2) is 0 Å². The monoisotopic (exact) mass is 354 g/mol. The number of nitrogens with one attached hydrogen (secondary N) is 1. The second-order valence-electron chi connectivity index (χ2n) is 6.66. The van der Waals surface area contributed by atoms with Crippen LogP contribution in [0, 0.1) is 5.41 Å². The highest BCUT2D eigenvalue weighted by molar-refractivity contribution is 5.83. The van der Waals surface area contributed by atoms with E-state index in [1.807, 2.05) is 54.6 Å².